The molecule has 3 aromatic carbocycles. The summed E-state index contributed by atoms with van der Waals surface area (Å²) < 4.78 is 85.3. The number of benzene rings is 3. The Morgan fingerprint density at radius 1 is 0.630 bits per heavy atom. The largest absolute Gasteiger partial charge is 0.519 e. The molecule has 0 spiro atoms. The molecule has 3 rings (SSSR count). The third-order valence-electron chi connectivity index (χ3n) is 7.98. The van der Waals surface area contributed by atoms with Crippen molar-refractivity contribution in [2.45, 2.75) is 103 Å². The van der Waals surface area contributed by atoms with Gasteiger partial charge in [0.15, 0.2) is 17.7 Å². The summed E-state index contributed by atoms with van der Waals surface area (Å²) in [5.41, 5.74) is -0.126. The zero-order valence-electron chi connectivity index (χ0n) is 30.4. The highest BCUT2D eigenvalue weighted by Gasteiger charge is 2.42. The van der Waals surface area contributed by atoms with Crippen LogP contribution in [-0.4, -0.2) is 49.6 Å². The van der Waals surface area contributed by atoms with Gasteiger partial charge in [-0.2, -0.15) is 13.2 Å². The monoisotopic (exact) mass is 762 g/mol. The van der Waals surface area contributed by atoms with E-state index in [0.29, 0.717) is 32.5 Å². The Labute approximate surface area is 312 Å². The van der Waals surface area contributed by atoms with E-state index in [0.717, 1.165) is 37.8 Å². The Hall–Kier alpha value is -4.98. The predicted octanol–water partition coefficient (Wildman–Crippen LogP) is 10.4. The molecule has 3 aromatic rings. The average molecular weight is 763 g/mol. The Morgan fingerprint density at radius 2 is 1.20 bits per heavy atom. The summed E-state index contributed by atoms with van der Waals surface area (Å²) >= 11 is 0. The van der Waals surface area contributed by atoms with Gasteiger partial charge in [-0.15, -0.1) is 0 Å². The van der Waals surface area contributed by atoms with Crippen molar-refractivity contribution in [1.29, 1.82) is 0 Å². The van der Waals surface area contributed by atoms with Crippen LogP contribution in [0.3, 0.4) is 0 Å². The Bertz CT molecular complexity index is 1630. The summed E-state index contributed by atoms with van der Waals surface area (Å²) in [6.07, 6.45) is 0.114. The minimum Gasteiger partial charge on any atom is -0.449 e. The molecule has 0 N–H and O–H groups in total. The van der Waals surface area contributed by atoms with Crippen LogP contribution in [0.25, 0.3) is 0 Å². The topological polar surface area (TPSA) is 124 Å². The number of hydrogen-bond acceptors (Lipinski definition) is 10. The van der Waals surface area contributed by atoms with Gasteiger partial charge >= 0.3 is 30.2 Å². The summed E-state index contributed by atoms with van der Waals surface area (Å²) in [5, 5.41) is 0. The molecule has 0 aromatic heterocycles. The van der Waals surface area contributed by atoms with Gasteiger partial charge in [0.25, 0.3) is 0 Å². The van der Waals surface area contributed by atoms with Crippen LogP contribution in [0.1, 0.15) is 112 Å². The lowest BCUT2D eigenvalue weighted by Gasteiger charge is -2.20. The number of hydrogen-bond donors (Lipinski definition) is 0. The molecule has 0 aliphatic carbocycles. The number of carbonyl (C=O) groups excluding carboxylic acids is 4. The molecule has 0 aliphatic rings. The summed E-state index contributed by atoms with van der Waals surface area (Å²) in [7, 11) is 0. The second-order valence-electron chi connectivity index (χ2n) is 12.3. The van der Waals surface area contributed by atoms with Crippen molar-refractivity contribution < 1.29 is 65.2 Å². The second kappa shape index (κ2) is 22.9. The molecule has 0 bridgehead atoms. The molecule has 0 heterocycles. The number of carbonyl (C=O) groups is 4. The first-order chi connectivity index (χ1) is 25.9. The molecular weight excluding hydrogens is 716 g/mol. The van der Waals surface area contributed by atoms with E-state index in [4.69, 9.17) is 28.4 Å². The highest BCUT2D eigenvalue weighted by Crippen LogP contribution is 2.29. The van der Waals surface area contributed by atoms with Crippen molar-refractivity contribution in [3.63, 3.8) is 0 Å². The Morgan fingerprint density at radius 3 is 1.81 bits per heavy atom. The highest BCUT2D eigenvalue weighted by atomic mass is 19.4. The zero-order chi connectivity index (χ0) is 39.3. The summed E-state index contributed by atoms with van der Waals surface area (Å²) in [5.74, 6) is -3.99. The molecule has 294 valence electrons. The molecule has 0 unspecified atom stereocenters. The van der Waals surface area contributed by atoms with E-state index in [2.05, 4.69) is 6.92 Å². The maximum atomic E-state index is 14.6. The first-order valence-corrected chi connectivity index (χ1v) is 18.1. The third kappa shape index (κ3) is 15.9. The fraction of sp³-hybridized carbons (Fsp3) is 0.450. The van der Waals surface area contributed by atoms with Crippen LogP contribution in [0.15, 0.2) is 66.7 Å². The van der Waals surface area contributed by atoms with Gasteiger partial charge in [0, 0.05) is 25.7 Å². The second-order valence-corrected chi connectivity index (χ2v) is 12.3. The minimum atomic E-state index is -4.73. The molecule has 0 saturated carbocycles. The van der Waals surface area contributed by atoms with Crippen molar-refractivity contribution in [1.82, 2.24) is 0 Å². The molecule has 1 atom stereocenters. The molecule has 0 aliphatic heterocycles. The highest BCUT2D eigenvalue weighted by molar-refractivity contribution is 5.92. The van der Waals surface area contributed by atoms with Gasteiger partial charge in [-0.1, -0.05) is 51.9 Å². The van der Waals surface area contributed by atoms with Crippen molar-refractivity contribution in [3.05, 3.63) is 83.7 Å². The number of alkyl halides is 3. The van der Waals surface area contributed by atoms with E-state index >= 15 is 0 Å². The number of esters is 3. The normalized spacial score (nSPS) is 11.7. The lowest BCUT2D eigenvalue weighted by atomic mass is 10.1. The van der Waals surface area contributed by atoms with Gasteiger partial charge in [0.2, 0.25) is 0 Å². The van der Waals surface area contributed by atoms with E-state index in [1.54, 1.807) is 0 Å². The molecule has 0 radical (unpaired) electrons. The van der Waals surface area contributed by atoms with Crippen molar-refractivity contribution in [2.24, 2.45) is 0 Å². The van der Waals surface area contributed by atoms with Gasteiger partial charge in [-0.3, -0.25) is 4.79 Å². The summed E-state index contributed by atoms with van der Waals surface area (Å²) in [6.45, 7) is 4.94. The summed E-state index contributed by atoms with van der Waals surface area (Å²) in [6, 6.07) is 13.2. The van der Waals surface area contributed by atoms with E-state index in [-0.39, 0.29) is 47.6 Å². The van der Waals surface area contributed by atoms with Crippen LogP contribution in [0.4, 0.5) is 22.4 Å². The molecular formula is C40H46F4O10. The fourth-order valence-corrected chi connectivity index (χ4v) is 5.07. The van der Waals surface area contributed by atoms with Crippen LogP contribution >= 0.6 is 0 Å². The van der Waals surface area contributed by atoms with Crippen LogP contribution in [0, 0.1) is 5.82 Å². The van der Waals surface area contributed by atoms with Crippen LogP contribution in [0.5, 0.6) is 23.0 Å². The first kappa shape index (κ1) is 43.4. The number of ether oxygens (including phenoxy) is 6. The standard InChI is InChI=1S/C40H46F4O10/c1-3-5-6-7-8-9-12-15-36(45)50-32-24-25-34(33(41)27-32)53-39(48)52-31-22-18-28(19-23-31)37(46)51-30-20-16-29(17-21-30)38(47)54-35(40(42,43)44)14-11-10-13-26-49-4-2/h16-25,27,35H,3-15,26H2,1-2H3/t35-/m1/s1. The van der Waals surface area contributed by atoms with E-state index in [9.17, 15) is 36.7 Å². The van der Waals surface area contributed by atoms with Gasteiger partial charge in [0.1, 0.15) is 17.2 Å². The van der Waals surface area contributed by atoms with Gasteiger partial charge in [-0.05, 0) is 93.3 Å². The summed E-state index contributed by atoms with van der Waals surface area (Å²) in [4.78, 5) is 49.5. The number of rotatable bonds is 22. The SMILES string of the molecule is CCCCCCCCCC(=O)Oc1ccc(OC(=O)Oc2ccc(C(=O)Oc3ccc(C(=O)O[C@H](CCCCCOCC)C(F)(F)F)cc3)cc2)c(F)c1. The lowest BCUT2D eigenvalue weighted by molar-refractivity contribution is -0.206. The number of halogens is 4. The third-order valence-corrected chi connectivity index (χ3v) is 7.98. The molecule has 10 nitrogen and oxygen atoms in total. The lowest BCUT2D eigenvalue weighted by Crippen LogP contribution is -2.33. The Kier molecular flexibility index (Phi) is 18.5. The van der Waals surface area contributed by atoms with Crippen molar-refractivity contribution in [2.75, 3.05) is 13.2 Å². The van der Waals surface area contributed by atoms with Crippen molar-refractivity contribution in [3.8, 4) is 23.0 Å². The number of unbranched alkanes of at least 4 members (excludes halogenated alkanes) is 8. The average Bonchev–Trinajstić information content (AvgIpc) is 3.13. The molecule has 0 amide bonds. The predicted molar refractivity (Wildman–Crippen MR) is 189 cm³/mol. The van der Waals surface area contributed by atoms with Gasteiger partial charge < -0.3 is 28.4 Å². The van der Waals surface area contributed by atoms with E-state index < -0.39 is 47.9 Å². The molecule has 0 fully saturated rings. The maximum Gasteiger partial charge on any atom is 0.519 e. The van der Waals surface area contributed by atoms with Crippen molar-refractivity contribution >= 4 is 24.1 Å². The quantitative estimate of drug-likeness (QED) is 0.0321. The zero-order valence-corrected chi connectivity index (χ0v) is 30.4. The minimum absolute atomic E-state index is 0.00176. The smallest absolute Gasteiger partial charge is 0.449 e. The van der Waals surface area contributed by atoms with Crippen LogP contribution < -0.4 is 18.9 Å². The molecule has 0 saturated heterocycles. The molecule has 14 heteroatoms. The van der Waals surface area contributed by atoms with Gasteiger partial charge in [0.05, 0.1) is 11.1 Å². The maximum absolute atomic E-state index is 14.6. The van der Waals surface area contributed by atoms with Gasteiger partial charge in [-0.25, -0.2) is 18.8 Å². The molecule has 54 heavy (non-hydrogen) atoms. The van der Waals surface area contributed by atoms with Crippen LogP contribution in [-0.2, 0) is 14.3 Å². The Balaban J connectivity index is 1.44. The van der Waals surface area contributed by atoms with E-state index in [1.807, 2.05) is 6.92 Å². The van der Waals surface area contributed by atoms with E-state index in [1.165, 1.54) is 67.4 Å². The fourth-order valence-electron chi connectivity index (χ4n) is 5.07. The van der Waals surface area contributed by atoms with Crippen LogP contribution in [0.2, 0.25) is 0 Å². The first-order valence-electron chi connectivity index (χ1n) is 18.1.